The van der Waals surface area contributed by atoms with E-state index in [0.717, 1.165) is 0 Å². The maximum Gasteiger partial charge on any atom is 0.269 e. The summed E-state index contributed by atoms with van der Waals surface area (Å²) in [6.07, 6.45) is 2.72. The van der Waals surface area contributed by atoms with Crippen molar-refractivity contribution < 1.29 is 13.6 Å². The predicted molar refractivity (Wildman–Crippen MR) is 53.2 cm³/mol. The number of alkyl halides is 2. The highest BCUT2D eigenvalue weighted by Crippen LogP contribution is 2.41. The summed E-state index contributed by atoms with van der Waals surface area (Å²) in [4.78, 5) is 15.4. The molecule has 1 heterocycles. The van der Waals surface area contributed by atoms with Gasteiger partial charge in [-0.15, -0.1) is 0 Å². The van der Waals surface area contributed by atoms with E-state index in [1.807, 2.05) is 0 Å². The van der Waals surface area contributed by atoms with Crippen molar-refractivity contribution in [2.75, 3.05) is 6.54 Å². The number of amides is 1. The molecule has 0 saturated heterocycles. The number of carbonyl (C=O) groups is 1. The number of hydrogen-bond acceptors (Lipinski definition) is 2. The molecule has 88 valence electrons. The Morgan fingerprint density at radius 1 is 1.69 bits per heavy atom. The number of nitrogens with one attached hydrogen (secondary N) is 1. The van der Waals surface area contributed by atoms with Crippen molar-refractivity contribution in [2.24, 2.45) is 13.0 Å². The summed E-state index contributed by atoms with van der Waals surface area (Å²) in [5.74, 6) is -2.90. The number of aryl methyl sites for hydroxylation is 1. The standard InChI is InChI=1S/C10H13F2N3O/c1-15-6-13-5-8(15)9(16)14-4-7-2-10(11,12)3-7/h5-7H,2-4H2,1H3,(H,14,16). The molecule has 0 bridgehead atoms. The van der Waals surface area contributed by atoms with Crippen LogP contribution in [0.2, 0.25) is 0 Å². The van der Waals surface area contributed by atoms with Gasteiger partial charge in [0, 0.05) is 26.4 Å². The molecule has 1 fully saturated rings. The molecule has 16 heavy (non-hydrogen) atoms. The average Bonchev–Trinajstić information content (AvgIpc) is 2.57. The van der Waals surface area contributed by atoms with Crippen molar-refractivity contribution in [3.8, 4) is 0 Å². The van der Waals surface area contributed by atoms with E-state index in [-0.39, 0.29) is 24.7 Å². The monoisotopic (exact) mass is 229 g/mol. The summed E-state index contributed by atoms with van der Waals surface area (Å²) >= 11 is 0. The summed E-state index contributed by atoms with van der Waals surface area (Å²) in [7, 11) is 1.71. The third kappa shape index (κ3) is 2.20. The fraction of sp³-hybridized carbons (Fsp3) is 0.600. The lowest BCUT2D eigenvalue weighted by atomic mass is 9.81. The third-order valence-corrected chi connectivity index (χ3v) is 2.78. The molecule has 4 nitrogen and oxygen atoms in total. The number of imidazole rings is 1. The number of hydrogen-bond donors (Lipinski definition) is 1. The minimum absolute atomic E-state index is 0.104. The molecule has 1 saturated carbocycles. The highest BCUT2D eigenvalue weighted by Gasteiger charge is 2.45. The minimum atomic E-state index is -2.53. The first kappa shape index (κ1) is 11.0. The van der Waals surface area contributed by atoms with E-state index in [9.17, 15) is 13.6 Å². The van der Waals surface area contributed by atoms with Gasteiger partial charge in [0.25, 0.3) is 5.91 Å². The highest BCUT2D eigenvalue weighted by atomic mass is 19.3. The molecule has 0 atom stereocenters. The van der Waals surface area contributed by atoms with E-state index in [1.54, 1.807) is 11.6 Å². The second-order valence-electron chi connectivity index (χ2n) is 4.23. The number of aromatic nitrogens is 2. The van der Waals surface area contributed by atoms with Gasteiger partial charge in [0.1, 0.15) is 5.69 Å². The van der Waals surface area contributed by atoms with Gasteiger partial charge in [-0.3, -0.25) is 4.79 Å². The highest BCUT2D eigenvalue weighted by molar-refractivity contribution is 5.92. The van der Waals surface area contributed by atoms with Crippen molar-refractivity contribution in [1.82, 2.24) is 14.9 Å². The van der Waals surface area contributed by atoms with E-state index in [4.69, 9.17) is 0 Å². The van der Waals surface area contributed by atoms with Crippen LogP contribution >= 0.6 is 0 Å². The second kappa shape index (κ2) is 3.84. The van der Waals surface area contributed by atoms with E-state index in [2.05, 4.69) is 10.3 Å². The Morgan fingerprint density at radius 3 is 2.88 bits per heavy atom. The van der Waals surface area contributed by atoms with E-state index in [1.165, 1.54) is 12.5 Å². The molecule has 1 N–H and O–H groups in total. The Hall–Kier alpha value is -1.46. The van der Waals surface area contributed by atoms with Gasteiger partial charge >= 0.3 is 0 Å². The van der Waals surface area contributed by atoms with Crippen molar-refractivity contribution in [3.05, 3.63) is 18.2 Å². The normalized spacial score (nSPS) is 19.2. The largest absolute Gasteiger partial charge is 0.350 e. The number of halogens is 2. The lowest BCUT2D eigenvalue weighted by Gasteiger charge is -2.34. The zero-order valence-corrected chi connectivity index (χ0v) is 8.91. The molecule has 2 rings (SSSR count). The number of nitrogens with zero attached hydrogens (tertiary/aromatic N) is 2. The Kier molecular flexibility index (Phi) is 2.65. The predicted octanol–water partition coefficient (Wildman–Crippen LogP) is 1.20. The molecular weight excluding hydrogens is 216 g/mol. The van der Waals surface area contributed by atoms with Gasteiger partial charge in [0.05, 0.1) is 12.5 Å². The van der Waals surface area contributed by atoms with E-state index in [0.29, 0.717) is 12.2 Å². The number of carbonyl (C=O) groups excluding carboxylic acids is 1. The van der Waals surface area contributed by atoms with Crippen LogP contribution in [-0.4, -0.2) is 27.9 Å². The fourth-order valence-corrected chi connectivity index (χ4v) is 1.83. The van der Waals surface area contributed by atoms with Crippen LogP contribution in [-0.2, 0) is 7.05 Å². The van der Waals surface area contributed by atoms with Crippen LogP contribution in [0.5, 0.6) is 0 Å². The third-order valence-electron chi connectivity index (χ3n) is 2.78. The Bertz CT molecular complexity index is 395. The van der Waals surface area contributed by atoms with Crippen molar-refractivity contribution in [1.29, 1.82) is 0 Å². The molecule has 6 heteroatoms. The molecule has 1 aliphatic carbocycles. The first-order valence-corrected chi connectivity index (χ1v) is 5.10. The van der Waals surface area contributed by atoms with Crippen molar-refractivity contribution in [2.45, 2.75) is 18.8 Å². The maximum atomic E-state index is 12.5. The topological polar surface area (TPSA) is 46.9 Å². The molecule has 1 aromatic rings. The van der Waals surface area contributed by atoms with Gasteiger partial charge in [0.2, 0.25) is 5.92 Å². The Balaban J connectivity index is 1.80. The van der Waals surface area contributed by atoms with Crippen LogP contribution in [0.1, 0.15) is 23.3 Å². The molecule has 0 spiro atoms. The summed E-state index contributed by atoms with van der Waals surface area (Å²) in [5, 5.41) is 2.63. The Labute approximate surface area is 91.7 Å². The second-order valence-corrected chi connectivity index (χ2v) is 4.23. The first-order chi connectivity index (χ1) is 7.48. The maximum absolute atomic E-state index is 12.5. The van der Waals surface area contributed by atoms with Gasteiger partial charge < -0.3 is 9.88 Å². The van der Waals surface area contributed by atoms with Crippen LogP contribution in [0.15, 0.2) is 12.5 Å². The molecular formula is C10H13F2N3O. The van der Waals surface area contributed by atoms with Gasteiger partial charge in [-0.2, -0.15) is 0 Å². The smallest absolute Gasteiger partial charge is 0.269 e. The molecule has 1 aromatic heterocycles. The molecule has 0 radical (unpaired) electrons. The van der Waals surface area contributed by atoms with E-state index >= 15 is 0 Å². The van der Waals surface area contributed by atoms with Crippen LogP contribution < -0.4 is 5.32 Å². The van der Waals surface area contributed by atoms with Crippen molar-refractivity contribution >= 4 is 5.91 Å². The van der Waals surface area contributed by atoms with Crippen molar-refractivity contribution in [3.63, 3.8) is 0 Å². The van der Waals surface area contributed by atoms with Gasteiger partial charge in [0.15, 0.2) is 0 Å². The van der Waals surface area contributed by atoms with Gasteiger partial charge in [-0.1, -0.05) is 0 Å². The Morgan fingerprint density at radius 2 is 2.38 bits per heavy atom. The zero-order valence-electron chi connectivity index (χ0n) is 8.91. The van der Waals surface area contributed by atoms with Gasteiger partial charge in [-0.05, 0) is 5.92 Å². The summed E-state index contributed by atoms with van der Waals surface area (Å²) in [5.41, 5.74) is 0.436. The molecule has 1 amide bonds. The number of rotatable bonds is 3. The van der Waals surface area contributed by atoms with Gasteiger partial charge in [-0.25, -0.2) is 13.8 Å². The molecule has 0 aliphatic heterocycles. The minimum Gasteiger partial charge on any atom is -0.350 e. The lowest BCUT2D eigenvalue weighted by Crippen LogP contribution is -2.42. The fourth-order valence-electron chi connectivity index (χ4n) is 1.83. The first-order valence-electron chi connectivity index (χ1n) is 5.10. The zero-order chi connectivity index (χ0) is 11.8. The average molecular weight is 229 g/mol. The summed E-state index contributed by atoms with van der Waals surface area (Å²) in [6.45, 7) is 0.305. The van der Waals surface area contributed by atoms with Crippen LogP contribution in [0, 0.1) is 5.92 Å². The quantitative estimate of drug-likeness (QED) is 0.846. The van der Waals surface area contributed by atoms with Crippen LogP contribution in [0.4, 0.5) is 8.78 Å². The SMILES string of the molecule is Cn1cncc1C(=O)NCC1CC(F)(F)C1. The molecule has 0 unspecified atom stereocenters. The van der Waals surface area contributed by atoms with Crippen LogP contribution in [0.25, 0.3) is 0 Å². The van der Waals surface area contributed by atoms with Crippen LogP contribution in [0.3, 0.4) is 0 Å². The molecule has 0 aromatic carbocycles. The molecule has 1 aliphatic rings. The van der Waals surface area contributed by atoms with E-state index < -0.39 is 5.92 Å². The summed E-state index contributed by atoms with van der Waals surface area (Å²) in [6, 6.07) is 0. The summed E-state index contributed by atoms with van der Waals surface area (Å²) < 4.78 is 26.6. The lowest BCUT2D eigenvalue weighted by molar-refractivity contribution is -0.108.